The largest absolute Gasteiger partial charge is 0.481 e. The SMILES string of the molecule is COc1cc(C)c(N2CC(SC(C)=O)CC2=O)cn1. The van der Waals surface area contributed by atoms with Gasteiger partial charge in [-0.3, -0.25) is 9.59 Å². The second-order valence-corrected chi connectivity index (χ2v) is 5.93. The van der Waals surface area contributed by atoms with Crippen molar-refractivity contribution in [3.63, 3.8) is 0 Å². The minimum Gasteiger partial charge on any atom is -0.481 e. The van der Waals surface area contributed by atoms with Crippen LogP contribution in [0.5, 0.6) is 5.88 Å². The molecule has 1 aliphatic rings. The number of aromatic nitrogens is 1. The van der Waals surface area contributed by atoms with Crippen molar-refractivity contribution in [3.8, 4) is 5.88 Å². The highest BCUT2D eigenvalue weighted by molar-refractivity contribution is 8.14. The second-order valence-electron chi connectivity index (χ2n) is 4.45. The number of carbonyl (C=O) groups is 2. The van der Waals surface area contributed by atoms with Crippen LogP contribution >= 0.6 is 11.8 Å². The van der Waals surface area contributed by atoms with Gasteiger partial charge in [0.1, 0.15) is 0 Å². The van der Waals surface area contributed by atoms with E-state index < -0.39 is 0 Å². The van der Waals surface area contributed by atoms with E-state index in [1.807, 2.05) is 6.92 Å². The number of amides is 1. The molecule has 6 heteroatoms. The number of aryl methyl sites for hydroxylation is 1. The third-order valence-electron chi connectivity index (χ3n) is 2.98. The Labute approximate surface area is 116 Å². The molecular formula is C13H16N2O3S. The first-order chi connectivity index (χ1) is 9.01. The molecule has 1 aliphatic heterocycles. The molecule has 0 aromatic carbocycles. The van der Waals surface area contributed by atoms with Gasteiger partial charge >= 0.3 is 0 Å². The Balaban J connectivity index is 2.18. The number of anilines is 1. The number of hydrogen-bond donors (Lipinski definition) is 0. The number of thioether (sulfide) groups is 1. The van der Waals surface area contributed by atoms with Gasteiger partial charge in [0.2, 0.25) is 11.8 Å². The number of rotatable bonds is 3. The molecule has 1 atom stereocenters. The normalized spacial score (nSPS) is 18.8. The van der Waals surface area contributed by atoms with Gasteiger partial charge in [-0.25, -0.2) is 4.98 Å². The molecule has 0 aliphatic carbocycles. The number of ether oxygens (including phenoxy) is 1. The fraction of sp³-hybridized carbons (Fsp3) is 0.462. The Bertz CT molecular complexity index is 519. The highest BCUT2D eigenvalue weighted by Gasteiger charge is 2.32. The third-order valence-corrected chi connectivity index (χ3v) is 3.96. The lowest BCUT2D eigenvalue weighted by molar-refractivity contribution is -0.117. The maximum atomic E-state index is 12.0. The highest BCUT2D eigenvalue weighted by Crippen LogP contribution is 2.31. The molecule has 2 rings (SSSR count). The molecule has 0 saturated carbocycles. The average Bonchev–Trinajstić information content (AvgIpc) is 2.69. The van der Waals surface area contributed by atoms with Crippen LogP contribution in [0, 0.1) is 6.92 Å². The van der Waals surface area contributed by atoms with Gasteiger partial charge in [-0.15, -0.1) is 0 Å². The van der Waals surface area contributed by atoms with E-state index >= 15 is 0 Å². The van der Waals surface area contributed by atoms with E-state index in [9.17, 15) is 9.59 Å². The summed E-state index contributed by atoms with van der Waals surface area (Å²) in [6.07, 6.45) is 2.04. The predicted molar refractivity (Wildman–Crippen MR) is 74.6 cm³/mol. The van der Waals surface area contributed by atoms with Crippen molar-refractivity contribution in [2.24, 2.45) is 0 Å². The molecule has 1 saturated heterocycles. The van der Waals surface area contributed by atoms with Crippen LogP contribution < -0.4 is 9.64 Å². The number of pyridine rings is 1. The topological polar surface area (TPSA) is 59.5 Å². The first-order valence-corrected chi connectivity index (χ1v) is 6.87. The summed E-state index contributed by atoms with van der Waals surface area (Å²) in [5.74, 6) is 0.566. The third kappa shape index (κ3) is 3.07. The van der Waals surface area contributed by atoms with Crippen LogP contribution in [0.4, 0.5) is 5.69 Å². The summed E-state index contributed by atoms with van der Waals surface area (Å²) in [6, 6.07) is 1.80. The summed E-state index contributed by atoms with van der Waals surface area (Å²) in [5, 5.41) is 0.0794. The van der Waals surface area contributed by atoms with Gasteiger partial charge in [-0.2, -0.15) is 0 Å². The average molecular weight is 280 g/mol. The van der Waals surface area contributed by atoms with E-state index in [4.69, 9.17) is 4.74 Å². The van der Waals surface area contributed by atoms with Crippen molar-refractivity contribution in [1.82, 2.24) is 4.98 Å². The molecule has 5 nitrogen and oxygen atoms in total. The fourth-order valence-corrected chi connectivity index (χ4v) is 3.06. The van der Waals surface area contributed by atoms with Gasteiger partial charge in [-0.05, 0) is 12.5 Å². The Kier molecular flexibility index (Phi) is 4.09. The smallest absolute Gasteiger partial charge is 0.228 e. The Morgan fingerprint density at radius 1 is 1.58 bits per heavy atom. The lowest BCUT2D eigenvalue weighted by atomic mass is 10.2. The predicted octanol–water partition coefficient (Wildman–Crippen LogP) is 1.78. The lowest BCUT2D eigenvalue weighted by Gasteiger charge is -2.18. The zero-order valence-corrected chi connectivity index (χ0v) is 12.0. The second kappa shape index (κ2) is 5.61. The molecule has 1 fully saturated rings. The summed E-state index contributed by atoms with van der Waals surface area (Å²) in [6.45, 7) is 3.99. The lowest BCUT2D eigenvalue weighted by Crippen LogP contribution is -2.26. The standard InChI is InChI=1S/C13H16N2O3S/c1-8-4-12(18-3)14-6-11(8)15-7-10(5-13(15)17)19-9(2)16/h4,6,10H,5,7H2,1-3H3. The van der Waals surface area contributed by atoms with Gasteiger partial charge in [0.05, 0.1) is 19.0 Å². The van der Waals surface area contributed by atoms with Crippen molar-refractivity contribution in [3.05, 3.63) is 17.8 Å². The molecule has 1 aromatic rings. The van der Waals surface area contributed by atoms with Crippen molar-refractivity contribution in [1.29, 1.82) is 0 Å². The van der Waals surface area contributed by atoms with Crippen LogP contribution in [0.1, 0.15) is 18.9 Å². The number of methoxy groups -OCH3 is 1. The maximum Gasteiger partial charge on any atom is 0.228 e. The Hall–Kier alpha value is -1.56. The summed E-state index contributed by atoms with van der Waals surface area (Å²) >= 11 is 1.23. The molecule has 2 heterocycles. The molecule has 0 spiro atoms. The molecule has 1 amide bonds. The van der Waals surface area contributed by atoms with E-state index in [0.717, 1.165) is 11.3 Å². The molecule has 102 valence electrons. The van der Waals surface area contributed by atoms with Gasteiger partial charge in [-0.1, -0.05) is 11.8 Å². The monoisotopic (exact) mass is 280 g/mol. The molecular weight excluding hydrogens is 264 g/mol. The van der Waals surface area contributed by atoms with Gasteiger partial charge < -0.3 is 9.64 Å². The quantitative estimate of drug-likeness (QED) is 0.844. The Morgan fingerprint density at radius 3 is 2.89 bits per heavy atom. The van der Waals surface area contributed by atoms with Gasteiger partial charge in [0.15, 0.2) is 5.12 Å². The molecule has 0 bridgehead atoms. The molecule has 1 aromatic heterocycles. The number of nitrogens with zero attached hydrogens (tertiary/aromatic N) is 2. The minimum atomic E-state index is 0.0338. The van der Waals surface area contributed by atoms with Crippen LogP contribution in [0.3, 0.4) is 0 Å². The zero-order chi connectivity index (χ0) is 14.0. The summed E-state index contributed by atoms with van der Waals surface area (Å²) in [5.41, 5.74) is 1.73. The summed E-state index contributed by atoms with van der Waals surface area (Å²) in [7, 11) is 1.56. The van der Waals surface area contributed by atoms with Gasteiger partial charge in [0, 0.05) is 31.2 Å². The van der Waals surface area contributed by atoms with E-state index in [1.54, 1.807) is 24.3 Å². The van der Waals surface area contributed by atoms with Crippen molar-refractivity contribution in [2.75, 3.05) is 18.6 Å². The maximum absolute atomic E-state index is 12.0. The van der Waals surface area contributed by atoms with Crippen molar-refractivity contribution >= 4 is 28.5 Å². The zero-order valence-electron chi connectivity index (χ0n) is 11.2. The molecule has 0 radical (unpaired) electrons. The van der Waals surface area contributed by atoms with Crippen molar-refractivity contribution in [2.45, 2.75) is 25.5 Å². The van der Waals surface area contributed by atoms with E-state index in [1.165, 1.54) is 18.7 Å². The Morgan fingerprint density at radius 2 is 2.32 bits per heavy atom. The summed E-state index contributed by atoms with van der Waals surface area (Å²) < 4.78 is 5.05. The van der Waals surface area contributed by atoms with Crippen LogP contribution in [0.2, 0.25) is 0 Å². The minimum absolute atomic E-state index is 0.0338. The fourth-order valence-electron chi connectivity index (χ4n) is 2.14. The van der Waals surface area contributed by atoms with E-state index in [2.05, 4.69) is 4.98 Å². The van der Waals surface area contributed by atoms with Crippen LogP contribution in [-0.4, -0.2) is 34.9 Å². The molecule has 1 unspecified atom stereocenters. The van der Waals surface area contributed by atoms with Crippen LogP contribution in [-0.2, 0) is 9.59 Å². The van der Waals surface area contributed by atoms with Crippen molar-refractivity contribution < 1.29 is 14.3 Å². The molecule has 19 heavy (non-hydrogen) atoms. The van der Waals surface area contributed by atoms with Crippen LogP contribution in [0.25, 0.3) is 0 Å². The number of carbonyl (C=O) groups excluding carboxylic acids is 2. The van der Waals surface area contributed by atoms with Gasteiger partial charge in [0.25, 0.3) is 0 Å². The highest BCUT2D eigenvalue weighted by atomic mass is 32.2. The first-order valence-electron chi connectivity index (χ1n) is 5.99. The molecule has 0 N–H and O–H groups in total. The first kappa shape index (κ1) is 13.9. The number of hydrogen-bond acceptors (Lipinski definition) is 5. The van der Waals surface area contributed by atoms with E-state index in [0.29, 0.717) is 18.8 Å². The summed E-state index contributed by atoms with van der Waals surface area (Å²) in [4.78, 5) is 28.9. The van der Waals surface area contributed by atoms with Crippen LogP contribution in [0.15, 0.2) is 12.3 Å². The van der Waals surface area contributed by atoms with E-state index in [-0.39, 0.29) is 16.3 Å².